The van der Waals surface area contributed by atoms with E-state index in [2.05, 4.69) is 17.5 Å². The predicted octanol–water partition coefficient (Wildman–Crippen LogP) is 6.73. The molecular weight excluding hydrogens is 534 g/mol. The number of rotatable bonds is 15. The summed E-state index contributed by atoms with van der Waals surface area (Å²) in [6.45, 7) is 4.24. The molecule has 3 rings (SSSR count). The topological polar surface area (TPSA) is 88.1 Å². The molecule has 3 aromatic rings. The lowest BCUT2D eigenvalue weighted by molar-refractivity contribution is -0.119. The molecule has 9 heteroatoms. The molecule has 208 valence electrons. The Balaban J connectivity index is 1.59. The van der Waals surface area contributed by atoms with Crippen LogP contribution >= 0.6 is 11.6 Å². The van der Waals surface area contributed by atoms with Crippen molar-refractivity contribution in [3.8, 4) is 5.75 Å². The van der Waals surface area contributed by atoms with Gasteiger partial charge in [0, 0.05) is 5.02 Å². The van der Waals surface area contributed by atoms with Gasteiger partial charge < -0.3 is 4.74 Å². The highest BCUT2D eigenvalue weighted by Gasteiger charge is 2.27. The van der Waals surface area contributed by atoms with E-state index in [1.54, 1.807) is 30.3 Å². The molecule has 0 saturated carbocycles. The largest absolute Gasteiger partial charge is 0.494 e. The van der Waals surface area contributed by atoms with Gasteiger partial charge in [-0.25, -0.2) is 13.8 Å². The van der Waals surface area contributed by atoms with Gasteiger partial charge in [0.1, 0.15) is 12.3 Å². The van der Waals surface area contributed by atoms with E-state index in [4.69, 9.17) is 16.3 Å². The molecule has 39 heavy (non-hydrogen) atoms. The Morgan fingerprint density at radius 3 is 2.36 bits per heavy atom. The Bertz CT molecular complexity index is 1330. The number of aryl methyl sites for hydroxylation is 1. The monoisotopic (exact) mass is 569 g/mol. The lowest BCUT2D eigenvalue weighted by Gasteiger charge is -2.24. The summed E-state index contributed by atoms with van der Waals surface area (Å²) in [5.41, 5.74) is 4.26. The molecule has 3 aromatic carbocycles. The number of hydrazone groups is 1. The van der Waals surface area contributed by atoms with Crippen LogP contribution in [0.1, 0.15) is 56.6 Å². The van der Waals surface area contributed by atoms with Crippen molar-refractivity contribution in [1.82, 2.24) is 5.43 Å². The molecule has 0 heterocycles. The minimum Gasteiger partial charge on any atom is -0.494 e. The Morgan fingerprint density at radius 1 is 0.974 bits per heavy atom. The molecule has 0 atom stereocenters. The van der Waals surface area contributed by atoms with E-state index in [0.717, 1.165) is 27.6 Å². The number of unbranched alkanes of at least 4 members (excludes halogenated alkanes) is 5. The van der Waals surface area contributed by atoms with Gasteiger partial charge in [-0.2, -0.15) is 5.10 Å². The predicted molar refractivity (Wildman–Crippen MR) is 158 cm³/mol. The number of ether oxygens (including phenoxy) is 1. The van der Waals surface area contributed by atoms with Crippen molar-refractivity contribution in [2.75, 3.05) is 17.5 Å². The second kappa shape index (κ2) is 15.3. The number of halogens is 1. The van der Waals surface area contributed by atoms with Crippen LogP contribution in [-0.4, -0.2) is 33.7 Å². The fourth-order valence-electron chi connectivity index (χ4n) is 3.84. The van der Waals surface area contributed by atoms with Crippen LogP contribution in [0, 0.1) is 6.92 Å². The van der Waals surface area contributed by atoms with Gasteiger partial charge in [-0.05, 0) is 73.0 Å². The molecule has 0 aliphatic heterocycles. The number of anilines is 1. The van der Waals surface area contributed by atoms with Crippen LogP contribution in [0.15, 0.2) is 82.8 Å². The summed E-state index contributed by atoms with van der Waals surface area (Å²) in [4.78, 5) is 12.8. The maximum Gasteiger partial charge on any atom is 0.264 e. The van der Waals surface area contributed by atoms with E-state index in [9.17, 15) is 13.2 Å². The number of hydrogen-bond donors (Lipinski definition) is 1. The van der Waals surface area contributed by atoms with Crippen LogP contribution in [0.5, 0.6) is 5.75 Å². The number of sulfonamides is 1. The number of nitrogens with one attached hydrogen (secondary N) is 1. The van der Waals surface area contributed by atoms with Gasteiger partial charge in [-0.3, -0.25) is 9.10 Å². The lowest BCUT2D eigenvalue weighted by Crippen LogP contribution is -2.39. The van der Waals surface area contributed by atoms with Crippen LogP contribution in [0.25, 0.3) is 0 Å². The summed E-state index contributed by atoms with van der Waals surface area (Å²) in [7, 11) is -4.03. The van der Waals surface area contributed by atoms with Crippen LogP contribution in [-0.2, 0) is 14.8 Å². The summed E-state index contributed by atoms with van der Waals surface area (Å²) in [6.07, 6.45) is 8.75. The lowest BCUT2D eigenvalue weighted by atomic mass is 10.1. The molecule has 0 aromatic heterocycles. The van der Waals surface area contributed by atoms with Crippen molar-refractivity contribution in [1.29, 1.82) is 0 Å². The second-order valence-corrected chi connectivity index (χ2v) is 11.5. The molecule has 1 amide bonds. The zero-order chi connectivity index (χ0) is 28.1. The van der Waals surface area contributed by atoms with Crippen molar-refractivity contribution >= 4 is 39.4 Å². The zero-order valence-electron chi connectivity index (χ0n) is 22.5. The molecular formula is C30H36ClN3O4S. The smallest absolute Gasteiger partial charge is 0.264 e. The fraction of sp³-hybridized carbons (Fsp3) is 0.333. The molecule has 0 radical (unpaired) electrons. The highest BCUT2D eigenvalue weighted by atomic mass is 35.5. The molecule has 0 unspecified atom stereocenters. The Kier molecular flexibility index (Phi) is 11.8. The average Bonchev–Trinajstić information content (AvgIpc) is 2.94. The maximum atomic E-state index is 13.4. The van der Waals surface area contributed by atoms with Crippen molar-refractivity contribution < 1.29 is 17.9 Å². The standard InChI is InChI=1S/C30H36ClN3O4S/c1-3-4-5-6-7-11-20-38-27-18-15-25(16-19-27)22-32-33-30(35)23-34(26-17-14-24(2)29(31)21-26)39(36,37)28-12-9-8-10-13-28/h8-10,12-19,21-22H,3-7,11,20,23H2,1-2H3,(H,33,35)/b32-22-. The van der Waals surface area contributed by atoms with E-state index in [-0.39, 0.29) is 10.6 Å². The molecule has 0 saturated heterocycles. The summed E-state index contributed by atoms with van der Waals surface area (Å²) < 4.78 is 33.6. The zero-order valence-corrected chi connectivity index (χ0v) is 24.0. The van der Waals surface area contributed by atoms with Crippen LogP contribution in [0.2, 0.25) is 5.02 Å². The van der Waals surface area contributed by atoms with E-state index in [1.165, 1.54) is 56.5 Å². The van der Waals surface area contributed by atoms with Crippen molar-refractivity contribution in [3.05, 3.63) is 88.9 Å². The highest BCUT2D eigenvalue weighted by Crippen LogP contribution is 2.28. The van der Waals surface area contributed by atoms with Gasteiger partial charge in [0.25, 0.3) is 15.9 Å². The normalized spacial score (nSPS) is 11.5. The third-order valence-electron chi connectivity index (χ3n) is 6.11. The Morgan fingerprint density at radius 2 is 1.67 bits per heavy atom. The third kappa shape index (κ3) is 9.41. The van der Waals surface area contributed by atoms with E-state index in [0.29, 0.717) is 11.6 Å². The van der Waals surface area contributed by atoms with Gasteiger partial charge in [0.2, 0.25) is 0 Å². The molecule has 0 bridgehead atoms. The number of nitrogens with zero attached hydrogens (tertiary/aromatic N) is 2. The summed E-state index contributed by atoms with van der Waals surface area (Å²) in [5.74, 6) is 0.185. The molecule has 1 N–H and O–H groups in total. The van der Waals surface area contributed by atoms with Gasteiger partial charge in [-0.15, -0.1) is 0 Å². The van der Waals surface area contributed by atoms with Crippen molar-refractivity contribution in [2.24, 2.45) is 5.10 Å². The van der Waals surface area contributed by atoms with Crippen LogP contribution in [0.4, 0.5) is 5.69 Å². The number of amides is 1. The average molecular weight is 570 g/mol. The quantitative estimate of drug-likeness (QED) is 0.125. The molecule has 0 fully saturated rings. The van der Waals surface area contributed by atoms with Gasteiger partial charge in [0.05, 0.1) is 23.4 Å². The van der Waals surface area contributed by atoms with E-state index in [1.807, 2.05) is 31.2 Å². The Labute approximate surface area is 236 Å². The molecule has 0 spiro atoms. The molecule has 0 aliphatic rings. The highest BCUT2D eigenvalue weighted by molar-refractivity contribution is 7.92. The molecule has 7 nitrogen and oxygen atoms in total. The number of carbonyl (C=O) groups excluding carboxylic acids is 1. The summed E-state index contributed by atoms with van der Waals surface area (Å²) >= 11 is 6.26. The van der Waals surface area contributed by atoms with Gasteiger partial charge >= 0.3 is 0 Å². The first-order valence-electron chi connectivity index (χ1n) is 13.2. The van der Waals surface area contributed by atoms with Gasteiger partial charge in [-0.1, -0.05) is 74.9 Å². The second-order valence-electron chi connectivity index (χ2n) is 9.24. The first kappa shape index (κ1) is 30.2. The Hall–Kier alpha value is -3.36. The van der Waals surface area contributed by atoms with Crippen molar-refractivity contribution in [2.45, 2.75) is 57.3 Å². The maximum absolute atomic E-state index is 13.4. The minimum atomic E-state index is -4.03. The van der Waals surface area contributed by atoms with Crippen molar-refractivity contribution in [3.63, 3.8) is 0 Å². The van der Waals surface area contributed by atoms with Gasteiger partial charge in [0.15, 0.2) is 0 Å². The number of hydrogen-bond acceptors (Lipinski definition) is 5. The number of benzene rings is 3. The minimum absolute atomic E-state index is 0.0665. The third-order valence-corrected chi connectivity index (χ3v) is 8.31. The SMILES string of the molecule is CCCCCCCCOc1ccc(/C=N\NC(=O)CN(c2ccc(C)c(Cl)c2)S(=O)(=O)c2ccccc2)cc1. The summed E-state index contributed by atoms with van der Waals surface area (Å²) in [6, 6.07) is 20.2. The first-order valence-corrected chi connectivity index (χ1v) is 15.0. The molecule has 0 aliphatic carbocycles. The van der Waals surface area contributed by atoms with Crippen LogP contribution in [0.3, 0.4) is 0 Å². The number of carbonyl (C=O) groups is 1. The summed E-state index contributed by atoms with van der Waals surface area (Å²) in [5, 5.41) is 4.40. The first-order chi connectivity index (χ1) is 18.8. The van der Waals surface area contributed by atoms with E-state index >= 15 is 0 Å². The van der Waals surface area contributed by atoms with Crippen LogP contribution < -0.4 is 14.5 Å². The van der Waals surface area contributed by atoms with E-state index < -0.39 is 22.5 Å². The fourth-order valence-corrected chi connectivity index (χ4v) is 5.45.